The van der Waals surface area contributed by atoms with Gasteiger partial charge in [0, 0.05) is 17.4 Å². The van der Waals surface area contributed by atoms with Gasteiger partial charge in [0.1, 0.15) is 23.4 Å². The highest BCUT2D eigenvalue weighted by atomic mass is 79.9. The van der Waals surface area contributed by atoms with Crippen molar-refractivity contribution in [2.24, 2.45) is 0 Å². The third kappa shape index (κ3) is 3.70. The highest BCUT2D eigenvalue weighted by molar-refractivity contribution is 9.10. The zero-order chi connectivity index (χ0) is 22.1. The Bertz CT molecular complexity index is 1200. The van der Waals surface area contributed by atoms with Gasteiger partial charge in [-0.15, -0.1) is 0 Å². The van der Waals surface area contributed by atoms with Gasteiger partial charge in [-0.25, -0.2) is 4.39 Å². The summed E-state index contributed by atoms with van der Waals surface area (Å²) in [6, 6.07) is 14.1. The fourth-order valence-electron chi connectivity index (χ4n) is 3.49. The molecule has 8 heteroatoms. The van der Waals surface area contributed by atoms with Crippen LogP contribution in [-0.2, 0) is 9.59 Å². The summed E-state index contributed by atoms with van der Waals surface area (Å²) >= 11 is 3.36. The number of Topliss-reactive ketones (excluding diaryl/α,β-unsaturated/α-hetero) is 1. The van der Waals surface area contributed by atoms with Crippen molar-refractivity contribution in [2.75, 3.05) is 12.0 Å². The van der Waals surface area contributed by atoms with Gasteiger partial charge in [0.05, 0.1) is 22.8 Å². The normalized spacial score (nSPS) is 17.8. The molecule has 156 valence electrons. The fraction of sp³-hybridized carbons (Fsp3) is 0.0870. The Morgan fingerprint density at radius 2 is 1.87 bits per heavy atom. The van der Waals surface area contributed by atoms with Crippen molar-refractivity contribution < 1.29 is 23.8 Å². The van der Waals surface area contributed by atoms with E-state index in [1.54, 1.807) is 36.4 Å². The average molecular weight is 483 g/mol. The molecule has 1 fully saturated rings. The average Bonchev–Trinajstić information content (AvgIpc) is 3.05. The van der Waals surface area contributed by atoms with Gasteiger partial charge < -0.3 is 9.84 Å². The standard InChI is InChI=1S/C23H16BrFN2O4/c1-31-18-10-5-13(12-16(18)24)21(28)19-20(17-4-2-3-11-26-17)27(23(30)22(19)29)15-8-6-14(25)7-9-15/h2-12,20,28H,1H3/b21-19-. The van der Waals surface area contributed by atoms with Crippen molar-refractivity contribution in [3.63, 3.8) is 0 Å². The van der Waals surface area contributed by atoms with Crippen LogP contribution in [0.25, 0.3) is 5.76 Å². The zero-order valence-electron chi connectivity index (χ0n) is 16.3. The number of carbonyl (C=O) groups excluding carboxylic acids is 2. The quantitative estimate of drug-likeness (QED) is 0.333. The van der Waals surface area contributed by atoms with Gasteiger partial charge in [0.25, 0.3) is 11.7 Å². The van der Waals surface area contributed by atoms with Gasteiger partial charge in [0.15, 0.2) is 0 Å². The van der Waals surface area contributed by atoms with E-state index in [1.165, 1.54) is 42.5 Å². The summed E-state index contributed by atoms with van der Waals surface area (Å²) < 4.78 is 19.2. The van der Waals surface area contributed by atoms with Gasteiger partial charge >= 0.3 is 0 Å². The molecule has 0 spiro atoms. The number of amides is 1. The molecule has 4 rings (SSSR count). The lowest BCUT2D eigenvalue weighted by molar-refractivity contribution is -0.132. The van der Waals surface area contributed by atoms with E-state index in [9.17, 15) is 19.1 Å². The van der Waals surface area contributed by atoms with Crippen LogP contribution in [0.1, 0.15) is 17.3 Å². The predicted molar refractivity (Wildman–Crippen MR) is 116 cm³/mol. The second-order valence-electron chi connectivity index (χ2n) is 6.75. The van der Waals surface area contributed by atoms with Crippen LogP contribution in [0.5, 0.6) is 5.75 Å². The first kappa shape index (κ1) is 20.7. The van der Waals surface area contributed by atoms with Crippen molar-refractivity contribution in [2.45, 2.75) is 6.04 Å². The molecule has 3 aromatic rings. The Labute approximate surface area is 185 Å². The number of halogens is 2. The van der Waals surface area contributed by atoms with Crippen LogP contribution in [-0.4, -0.2) is 28.9 Å². The van der Waals surface area contributed by atoms with Crippen LogP contribution in [0.4, 0.5) is 10.1 Å². The van der Waals surface area contributed by atoms with E-state index in [4.69, 9.17) is 4.74 Å². The minimum absolute atomic E-state index is 0.106. The molecule has 0 saturated carbocycles. The maximum Gasteiger partial charge on any atom is 0.300 e. The Hall–Kier alpha value is -3.52. The largest absolute Gasteiger partial charge is 0.507 e. The number of aliphatic hydroxyl groups excluding tert-OH is 1. The first-order valence-electron chi connectivity index (χ1n) is 9.23. The monoisotopic (exact) mass is 482 g/mol. The Kier molecular flexibility index (Phi) is 5.56. The molecule has 1 N–H and O–H groups in total. The number of anilines is 1. The number of methoxy groups -OCH3 is 1. The minimum atomic E-state index is -0.979. The second kappa shape index (κ2) is 8.31. The summed E-state index contributed by atoms with van der Waals surface area (Å²) in [5, 5.41) is 11.1. The number of ether oxygens (including phenoxy) is 1. The molecule has 6 nitrogen and oxygen atoms in total. The molecule has 1 unspecified atom stereocenters. The molecular formula is C23H16BrFN2O4. The molecule has 1 aliphatic rings. The van der Waals surface area contributed by atoms with E-state index in [0.717, 1.165) is 0 Å². The number of rotatable bonds is 4. The Balaban J connectivity index is 1.92. The van der Waals surface area contributed by atoms with Crippen molar-refractivity contribution in [3.05, 3.63) is 94.0 Å². The van der Waals surface area contributed by atoms with Crippen LogP contribution in [0.15, 0.2) is 76.9 Å². The van der Waals surface area contributed by atoms with E-state index >= 15 is 0 Å². The van der Waals surface area contributed by atoms with Gasteiger partial charge in [-0.3, -0.25) is 19.5 Å². The number of pyridine rings is 1. The first-order chi connectivity index (χ1) is 14.9. The Morgan fingerprint density at radius 1 is 1.13 bits per heavy atom. The van der Waals surface area contributed by atoms with E-state index < -0.39 is 23.5 Å². The third-order valence-electron chi connectivity index (χ3n) is 4.94. The molecule has 31 heavy (non-hydrogen) atoms. The van der Waals surface area contributed by atoms with Gasteiger partial charge in [-0.2, -0.15) is 0 Å². The number of aromatic nitrogens is 1. The number of hydrogen-bond acceptors (Lipinski definition) is 5. The smallest absolute Gasteiger partial charge is 0.300 e. The molecule has 1 amide bonds. The second-order valence-corrected chi connectivity index (χ2v) is 7.60. The topological polar surface area (TPSA) is 79.7 Å². The molecule has 1 atom stereocenters. The number of aliphatic hydroxyl groups is 1. The van der Waals surface area contributed by atoms with Crippen LogP contribution in [0.2, 0.25) is 0 Å². The van der Waals surface area contributed by atoms with Crippen molar-refractivity contribution >= 4 is 39.1 Å². The molecule has 1 aromatic heterocycles. The number of carbonyl (C=O) groups is 2. The lowest BCUT2D eigenvalue weighted by Crippen LogP contribution is -2.29. The maximum atomic E-state index is 13.4. The van der Waals surface area contributed by atoms with Gasteiger partial charge in [-0.05, 0) is 70.5 Å². The lowest BCUT2D eigenvalue weighted by atomic mass is 9.98. The minimum Gasteiger partial charge on any atom is -0.507 e. The predicted octanol–water partition coefficient (Wildman–Crippen LogP) is 4.62. The number of hydrogen-bond donors (Lipinski definition) is 1. The van der Waals surface area contributed by atoms with Crippen molar-refractivity contribution in [1.29, 1.82) is 0 Å². The Morgan fingerprint density at radius 3 is 2.48 bits per heavy atom. The van der Waals surface area contributed by atoms with Gasteiger partial charge in [0.2, 0.25) is 0 Å². The number of ketones is 1. The van der Waals surface area contributed by atoms with E-state index in [1.807, 2.05) is 0 Å². The first-order valence-corrected chi connectivity index (χ1v) is 10.0. The number of benzene rings is 2. The summed E-state index contributed by atoms with van der Waals surface area (Å²) in [6.45, 7) is 0. The molecule has 0 radical (unpaired) electrons. The van der Waals surface area contributed by atoms with Crippen LogP contribution < -0.4 is 9.64 Å². The fourth-order valence-corrected chi connectivity index (χ4v) is 4.03. The zero-order valence-corrected chi connectivity index (χ0v) is 17.8. The molecular weight excluding hydrogens is 467 g/mol. The third-order valence-corrected chi connectivity index (χ3v) is 5.56. The summed E-state index contributed by atoms with van der Waals surface area (Å²) in [7, 11) is 1.51. The highest BCUT2D eigenvalue weighted by Crippen LogP contribution is 2.42. The highest BCUT2D eigenvalue weighted by Gasteiger charge is 2.47. The molecule has 0 bridgehead atoms. The SMILES string of the molecule is COc1ccc(/C(O)=C2/C(=O)C(=O)N(c3ccc(F)cc3)C2c2ccccn2)cc1Br. The van der Waals surface area contributed by atoms with Crippen molar-refractivity contribution in [1.82, 2.24) is 4.98 Å². The van der Waals surface area contributed by atoms with Crippen LogP contribution >= 0.6 is 15.9 Å². The van der Waals surface area contributed by atoms with Crippen molar-refractivity contribution in [3.8, 4) is 5.75 Å². The molecule has 2 aromatic carbocycles. The van der Waals surface area contributed by atoms with Gasteiger partial charge in [-0.1, -0.05) is 6.07 Å². The van der Waals surface area contributed by atoms with E-state index in [0.29, 0.717) is 27.2 Å². The summed E-state index contributed by atoms with van der Waals surface area (Å²) in [5.41, 5.74) is 0.921. The summed E-state index contributed by atoms with van der Waals surface area (Å²) in [4.78, 5) is 31.5. The van der Waals surface area contributed by atoms with Crippen LogP contribution in [0.3, 0.4) is 0 Å². The lowest BCUT2D eigenvalue weighted by Gasteiger charge is -2.24. The molecule has 2 heterocycles. The summed E-state index contributed by atoms with van der Waals surface area (Å²) in [5.74, 6) is -1.97. The molecule has 0 aliphatic carbocycles. The van der Waals surface area contributed by atoms with Crippen LogP contribution in [0, 0.1) is 5.82 Å². The summed E-state index contributed by atoms with van der Waals surface area (Å²) in [6.07, 6.45) is 1.53. The molecule has 1 saturated heterocycles. The molecule has 1 aliphatic heterocycles. The van der Waals surface area contributed by atoms with E-state index in [-0.39, 0.29) is 11.3 Å². The number of nitrogens with zero attached hydrogens (tertiary/aromatic N) is 2. The maximum absolute atomic E-state index is 13.4. The van der Waals surface area contributed by atoms with E-state index in [2.05, 4.69) is 20.9 Å².